The standard InChI is InChI=1S/C21H23N7O2S.ClH/c1-13-5-6-15(11-19(13)31(22,29)30)24-21-23-10-9-20(25-21)27(3)16-7-8-17-14(2)28(4)26-18(17)12-16;/h5-12H,1-4H3,(H2,22,29,30)(H,23,24,25);1H/i2D,3D3,4D,7D,12D;. The highest BCUT2D eigenvalue weighted by Gasteiger charge is 2.14. The van der Waals surface area contributed by atoms with E-state index in [1.165, 1.54) is 35.1 Å². The predicted octanol–water partition coefficient (Wildman–Crippen LogP) is 3.56. The number of nitrogens with two attached hydrogens (primary N) is 1. The molecule has 11 heteroatoms. The Balaban J connectivity index is 0.00000420. The second kappa shape index (κ2) is 8.73. The minimum absolute atomic E-state index is 0. The van der Waals surface area contributed by atoms with Crippen LogP contribution in [-0.4, -0.2) is 35.1 Å². The summed E-state index contributed by atoms with van der Waals surface area (Å²) < 4.78 is 82.0. The van der Waals surface area contributed by atoms with Crippen molar-refractivity contribution in [1.29, 1.82) is 0 Å². The molecular formula is C21H24ClN7O2S. The molecule has 0 fully saturated rings. The number of nitrogens with zero attached hydrogens (tertiary/aromatic N) is 5. The first-order valence-corrected chi connectivity index (χ1v) is 10.4. The number of nitrogens with one attached hydrogen (secondary N) is 1. The van der Waals surface area contributed by atoms with Crippen LogP contribution in [0.2, 0.25) is 0 Å². The maximum Gasteiger partial charge on any atom is 0.238 e. The van der Waals surface area contributed by atoms with Gasteiger partial charge in [-0.2, -0.15) is 10.1 Å². The van der Waals surface area contributed by atoms with E-state index in [1.807, 2.05) is 0 Å². The number of primary sulfonamides is 1. The highest BCUT2D eigenvalue weighted by molar-refractivity contribution is 7.89. The Labute approximate surface area is 202 Å². The van der Waals surface area contributed by atoms with E-state index < -0.39 is 17.0 Å². The van der Waals surface area contributed by atoms with Gasteiger partial charge in [-0.15, -0.1) is 12.4 Å². The normalized spacial score (nSPS) is 14.8. The average Bonchev–Trinajstić information content (AvgIpc) is 3.19. The summed E-state index contributed by atoms with van der Waals surface area (Å²) in [5, 5.41) is 12.6. The monoisotopic (exact) mass is 480 g/mol. The number of benzene rings is 2. The molecule has 168 valence electrons. The lowest BCUT2D eigenvalue weighted by Gasteiger charge is -2.19. The van der Waals surface area contributed by atoms with Crippen molar-refractivity contribution in [3.8, 4) is 0 Å². The predicted molar refractivity (Wildman–Crippen MR) is 129 cm³/mol. The molecule has 0 bridgehead atoms. The molecule has 9 nitrogen and oxygen atoms in total. The Bertz CT molecular complexity index is 1650. The molecule has 0 spiro atoms. The summed E-state index contributed by atoms with van der Waals surface area (Å²) in [5.41, 5.74) is 0.825. The second-order valence-corrected chi connectivity index (χ2v) is 8.22. The van der Waals surface area contributed by atoms with Crippen LogP contribution in [-0.2, 0) is 17.0 Å². The second-order valence-electron chi connectivity index (χ2n) is 6.69. The van der Waals surface area contributed by atoms with E-state index in [4.69, 9.17) is 14.7 Å². The van der Waals surface area contributed by atoms with Crippen LogP contribution < -0.4 is 15.4 Å². The van der Waals surface area contributed by atoms with Gasteiger partial charge in [0.05, 0.1) is 13.2 Å². The van der Waals surface area contributed by atoms with Crippen molar-refractivity contribution >= 4 is 56.5 Å². The zero-order valence-corrected chi connectivity index (χ0v) is 18.5. The third kappa shape index (κ3) is 4.52. The van der Waals surface area contributed by atoms with Gasteiger partial charge < -0.3 is 10.2 Å². The largest absolute Gasteiger partial charge is 0.329 e. The molecule has 4 rings (SSSR count). The van der Waals surface area contributed by atoms with Gasteiger partial charge in [0.1, 0.15) is 5.82 Å². The van der Waals surface area contributed by atoms with Crippen molar-refractivity contribution < 1.29 is 18.0 Å². The van der Waals surface area contributed by atoms with Gasteiger partial charge in [0.25, 0.3) is 0 Å². The highest BCUT2D eigenvalue weighted by atomic mass is 35.5. The Hall–Kier alpha value is -3.21. The lowest BCUT2D eigenvalue weighted by molar-refractivity contribution is 0.597. The zero-order chi connectivity index (χ0) is 28.0. The fourth-order valence-electron chi connectivity index (χ4n) is 2.93. The van der Waals surface area contributed by atoms with Crippen LogP contribution in [0, 0.1) is 13.8 Å². The van der Waals surface area contributed by atoms with E-state index >= 15 is 0 Å². The smallest absolute Gasteiger partial charge is 0.238 e. The molecule has 32 heavy (non-hydrogen) atoms. The van der Waals surface area contributed by atoms with Crippen LogP contribution in [0.15, 0.2) is 53.5 Å². The van der Waals surface area contributed by atoms with Gasteiger partial charge in [0.2, 0.25) is 16.0 Å². The van der Waals surface area contributed by atoms with Gasteiger partial charge in [-0.3, -0.25) is 4.68 Å². The lowest BCUT2D eigenvalue weighted by atomic mass is 10.2. The minimum Gasteiger partial charge on any atom is -0.329 e. The number of hydrogen-bond acceptors (Lipinski definition) is 7. The number of anilines is 4. The van der Waals surface area contributed by atoms with Crippen LogP contribution in [0.5, 0.6) is 0 Å². The Kier molecular flexibility index (Phi) is 4.25. The molecule has 0 saturated carbocycles. The average molecular weight is 481 g/mol. The summed E-state index contributed by atoms with van der Waals surface area (Å²) in [5.74, 6) is -0.238. The summed E-state index contributed by atoms with van der Waals surface area (Å²) in [7, 11) is -4.30. The van der Waals surface area contributed by atoms with Crippen molar-refractivity contribution in [2.24, 2.45) is 12.2 Å². The number of aryl methyl sites for hydroxylation is 3. The lowest BCUT2D eigenvalue weighted by Crippen LogP contribution is -2.14. The third-order valence-electron chi connectivity index (χ3n) is 4.53. The maximum atomic E-state index is 11.9. The van der Waals surface area contributed by atoms with Crippen molar-refractivity contribution in [3.05, 3.63) is 59.9 Å². The van der Waals surface area contributed by atoms with E-state index in [2.05, 4.69) is 20.4 Å². The molecule has 0 amide bonds. The molecule has 4 aromatic rings. The van der Waals surface area contributed by atoms with Gasteiger partial charge in [0, 0.05) is 49.5 Å². The summed E-state index contributed by atoms with van der Waals surface area (Å²) in [6, 6.07) is 6.36. The van der Waals surface area contributed by atoms with Crippen LogP contribution >= 0.6 is 12.4 Å². The van der Waals surface area contributed by atoms with Crippen LogP contribution in [0.25, 0.3) is 10.9 Å². The molecule has 0 radical (unpaired) electrons. The summed E-state index contributed by atoms with van der Waals surface area (Å²) in [6.45, 7) is -1.53. The van der Waals surface area contributed by atoms with Crippen LogP contribution in [0.3, 0.4) is 0 Å². The van der Waals surface area contributed by atoms with Gasteiger partial charge in [-0.1, -0.05) is 6.07 Å². The SMILES string of the molecule is Cl.[2H]Cc1c2cc([2H])c(N(c3ccnc(Nc4ccc(C)c(S(N)(=O)=O)c4)n3)C([2H])([2H])[2H])c([2H])c2nn1C[2H]. The molecule has 2 heterocycles. The van der Waals surface area contributed by atoms with Gasteiger partial charge in [0.15, 0.2) is 0 Å². The van der Waals surface area contributed by atoms with Crippen molar-refractivity contribution in [2.45, 2.75) is 18.7 Å². The van der Waals surface area contributed by atoms with Crippen LogP contribution in [0.1, 0.15) is 20.9 Å². The highest BCUT2D eigenvalue weighted by Crippen LogP contribution is 2.28. The molecule has 0 saturated heterocycles. The molecule has 0 aliphatic rings. The maximum absolute atomic E-state index is 11.9. The number of rotatable bonds is 5. The van der Waals surface area contributed by atoms with Gasteiger partial charge in [-0.05, 0) is 55.7 Å². The quantitative estimate of drug-likeness (QED) is 0.448. The van der Waals surface area contributed by atoms with Crippen LogP contribution in [0.4, 0.5) is 23.1 Å². The fourth-order valence-corrected chi connectivity index (χ4v) is 3.73. The summed E-state index contributed by atoms with van der Waals surface area (Å²) in [4.78, 5) is 8.97. The van der Waals surface area contributed by atoms with Gasteiger partial charge in [-0.25, -0.2) is 18.5 Å². The fraction of sp³-hybridized carbons (Fsp3) is 0.190. The topological polar surface area (TPSA) is 119 Å². The molecular weight excluding hydrogens is 450 g/mol. The molecule has 3 N–H and O–H groups in total. The Morgan fingerprint density at radius 1 is 1.28 bits per heavy atom. The molecule has 2 aromatic carbocycles. The van der Waals surface area contributed by atoms with E-state index in [0.29, 0.717) is 16.6 Å². The number of fused-ring (bicyclic) bond motifs is 1. The number of hydrogen-bond donors (Lipinski definition) is 2. The first-order chi connectivity index (χ1) is 17.8. The first-order valence-electron chi connectivity index (χ1n) is 12.8. The van der Waals surface area contributed by atoms with E-state index in [9.17, 15) is 8.42 Å². The van der Waals surface area contributed by atoms with Crippen molar-refractivity contribution in [3.63, 3.8) is 0 Å². The zero-order valence-electron chi connectivity index (χ0n) is 23.8. The summed E-state index contributed by atoms with van der Waals surface area (Å²) in [6.07, 6.45) is 1.27. The molecule has 0 aliphatic heterocycles. The number of halogens is 1. The summed E-state index contributed by atoms with van der Waals surface area (Å²) >= 11 is 0. The van der Waals surface area contributed by atoms with E-state index in [1.54, 1.807) is 13.0 Å². The van der Waals surface area contributed by atoms with Crippen molar-refractivity contribution in [2.75, 3.05) is 17.2 Å². The Morgan fingerprint density at radius 3 is 2.84 bits per heavy atom. The van der Waals surface area contributed by atoms with E-state index in [0.717, 1.165) is 4.90 Å². The molecule has 2 aromatic heterocycles. The third-order valence-corrected chi connectivity index (χ3v) is 5.59. The van der Waals surface area contributed by atoms with Gasteiger partial charge >= 0.3 is 0 Å². The Morgan fingerprint density at radius 2 is 2.12 bits per heavy atom. The molecule has 0 atom stereocenters. The molecule has 0 aliphatic carbocycles. The minimum atomic E-state index is -3.99. The molecule has 0 unspecified atom stereocenters. The first kappa shape index (κ1) is 15.6. The van der Waals surface area contributed by atoms with E-state index in [-0.39, 0.29) is 72.0 Å². The van der Waals surface area contributed by atoms with Crippen molar-refractivity contribution in [1.82, 2.24) is 19.7 Å². The number of sulfonamides is 1. The number of aromatic nitrogens is 4.